The van der Waals surface area contributed by atoms with Gasteiger partial charge in [-0.3, -0.25) is 9.59 Å². The van der Waals surface area contributed by atoms with Crippen molar-refractivity contribution in [1.82, 2.24) is 9.88 Å². The Morgan fingerprint density at radius 2 is 2.03 bits per heavy atom. The molecular formula is C22H35N3O3S. The first-order valence-electron chi connectivity index (χ1n) is 11.2. The third-order valence-electron chi connectivity index (χ3n) is 6.24. The lowest BCUT2D eigenvalue weighted by molar-refractivity contribution is -0.135. The molecule has 3 rings (SSSR count). The van der Waals surface area contributed by atoms with Crippen molar-refractivity contribution in [3.05, 3.63) is 11.6 Å². The van der Waals surface area contributed by atoms with Crippen molar-refractivity contribution in [2.75, 3.05) is 25.0 Å². The molecule has 1 aliphatic heterocycles. The highest BCUT2D eigenvalue weighted by Gasteiger charge is 2.38. The summed E-state index contributed by atoms with van der Waals surface area (Å²) in [5.41, 5.74) is -0.207. The molecule has 0 radical (unpaired) electrons. The number of hydrogen-bond acceptors (Lipinski definition) is 5. The molecule has 1 atom stereocenters. The average molecular weight is 422 g/mol. The van der Waals surface area contributed by atoms with Crippen LogP contribution in [0.25, 0.3) is 0 Å². The van der Waals surface area contributed by atoms with E-state index in [0.29, 0.717) is 18.0 Å². The van der Waals surface area contributed by atoms with Gasteiger partial charge in [0.2, 0.25) is 11.8 Å². The first-order valence-corrected chi connectivity index (χ1v) is 12.1. The van der Waals surface area contributed by atoms with Crippen molar-refractivity contribution in [2.24, 2.45) is 5.41 Å². The number of hydrogen-bond donors (Lipinski definition) is 1. The molecule has 0 spiro atoms. The summed E-state index contributed by atoms with van der Waals surface area (Å²) in [6.45, 7) is 4.51. The molecule has 6 nitrogen and oxygen atoms in total. The zero-order chi connectivity index (χ0) is 20.5. The molecule has 2 amide bonds. The van der Waals surface area contributed by atoms with Crippen molar-refractivity contribution >= 4 is 28.3 Å². The lowest BCUT2D eigenvalue weighted by Crippen LogP contribution is -2.39. The van der Waals surface area contributed by atoms with Crippen LogP contribution in [0.5, 0.6) is 0 Å². The fourth-order valence-corrected chi connectivity index (χ4v) is 5.25. The molecule has 1 aromatic heterocycles. The van der Waals surface area contributed by atoms with Gasteiger partial charge in [0.15, 0.2) is 5.13 Å². The van der Waals surface area contributed by atoms with E-state index in [1.54, 1.807) is 6.20 Å². The summed E-state index contributed by atoms with van der Waals surface area (Å²) in [7, 11) is 0. The first-order chi connectivity index (χ1) is 14.1. The van der Waals surface area contributed by atoms with Crippen LogP contribution in [-0.2, 0) is 14.3 Å². The van der Waals surface area contributed by atoms with E-state index in [1.165, 1.54) is 17.8 Å². The predicted molar refractivity (Wildman–Crippen MR) is 116 cm³/mol. The van der Waals surface area contributed by atoms with Gasteiger partial charge < -0.3 is 15.0 Å². The third-order valence-corrected chi connectivity index (χ3v) is 6.93. The fraction of sp³-hybridized carbons (Fsp3) is 0.773. The Morgan fingerprint density at radius 1 is 1.21 bits per heavy atom. The van der Waals surface area contributed by atoms with Gasteiger partial charge in [-0.1, -0.05) is 26.2 Å². The van der Waals surface area contributed by atoms with Gasteiger partial charge in [-0.25, -0.2) is 4.98 Å². The zero-order valence-electron chi connectivity index (χ0n) is 17.7. The van der Waals surface area contributed by atoms with Crippen LogP contribution < -0.4 is 5.32 Å². The van der Waals surface area contributed by atoms with Crippen molar-refractivity contribution < 1.29 is 14.3 Å². The minimum absolute atomic E-state index is 0.0152. The van der Waals surface area contributed by atoms with E-state index in [9.17, 15) is 9.59 Å². The number of aromatic nitrogens is 1. The van der Waals surface area contributed by atoms with E-state index in [2.05, 4.69) is 17.2 Å². The van der Waals surface area contributed by atoms with E-state index in [0.717, 1.165) is 71.1 Å². The second-order valence-corrected chi connectivity index (χ2v) is 9.50. The van der Waals surface area contributed by atoms with Crippen LogP contribution in [0.4, 0.5) is 5.13 Å². The van der Waals surface area contributed by atoms with E-state index >= 15 is 0 Å². The Kier molecular flexibility index (Phi) is 8.48. The smallest absolute Gasteiger partial charge is 0.226 e. The molecule has 1 aromatic rings. The quantitative estimate of drug-likeness (QED) is 0.665. The highest BCUT2D eigenvalue weighted by Crippen LogP contribution is 2.43. The van der Waals surface area contributed by atoms with Gasteiger partial charge in [-0.2, -0.15) is 0 Å². The first kappa shape index (κ1) is 22.2. The summed E-state index contributed by atoms with van der Waals surface area (Å²) >= 11 is 1.43. The van der Waals surface area contributed by atoms with Crippen molar-refractivity contribution in [2.45, 2.75) is 83.7 Å². The second-order valence-electron chi connectivity index (χ2n) is 8.60. The van der Waals surface area contributed by atoms with Gasteiger partial charge in [0.25, 0.3) is 0 Å². The summed E-state index contributed by atoms with van der Waals surface area (Å²) < 4.78 is 5.92. The van der Waals surface area contributed by atoms with Gasteiger partial charge >= 0.3 is 0 Å². The van der Waals surface area contributed by atoms with E-state index < -0.39 is 0 Å². The van der Waals surface area contributed by atoms with Crippen LogP contribution in [0.1, 0.15) is 77.6 Å². The zero-order valence-corrected chi connectivity index (χ0v) is 18.5. The number of amides is 2. The SMILES string of the molecule is CCCOC1CCCN(C(=O)CC2(CC(=O)Nc3nccs3)CCCCC2)CC1. The summed E-state index contributed by atoms with van der Waals surface area (Å²) in [5.74, 6) is 0.198. The number of ether oxygens (including phenoxy) is 1. The average Bonchev–Trinajstić information content (AvgIpc) is 3.09. The standard InChI is InChI=1S/C22H35N3O3S/c1-2-14-28-18-7-6-12-25(13-8-18)20(27)17-22(9-4-3-5-10-22)16-19(26)24-21-23-11-15-29-21/h11,15,18H,2-10,12-14,16-17H2,1H3,(H,23,24,26). The molecule has 29 heavy (non-hydrogen) atoms. The monoisotopic (exact) mass is 421 g/mol. The minimum atomic E-state index is -0.207. The Hall–Kier alpha value is -1.47. The summed E-state index contributed by atoms with van der Waals surface area (Å²) in [4.78, 5) is 32.0. The van der Waals surface area contributed by atoms with Crippen molar-refractivity contribution in [1.29, 1.82) is 0 Å². The lowest BCUT2D eigenvalue weighted by Gasteiger charge is -2.37. The molecule has 2 aliphatic rings. The molecule has 0 aromatic carbocycles. The van der Waals surface area contributed by atoms with Gasteiger partial charge in [-0.15, -0.1) is 11.3 Å². The topological polar surface area (TPSA) is 71.5 Å². The molecular weight excluding hydrogens is 386 g/mol. The molecule has 162 valence electrons. The molecule has 7 heteroatoms. The molecule has 2 fully saturated rings. The third kappa shape index (κ3) is 6.78. The van der Waals surface area contributed by atoms with Crippen LogP contribution in [0.3, 0.4) is 0 Å². The van der Waals surface area contributed by atoms with Crippen LogP contribution in [0.15, 0.2) is 11.6 Å². The number of likely N-dealkylation sites (tertiary alicyclic amines) is 1. The van der Waals surface area contributed by atoms with Gasteiger partial charge in [0.05, 0.1) is 6.10 Å². The fourth-order valence-electron chi connectivity index (χ4n) is 4.71. The minimum Gasteiger partial charge on any atom is -0.378 e. The van der Waals surface area contributed by atoms with Gasteiger partial charge in [0.1, 0.15) is 0 Å². The van der Waals surface area contributed by atoms with Crippen LogP contribution in [-0.4, -0.2) is 47.5 Å². The van der Waals surface area contributed by atoms with Crippen molar-refractivity contribution in [3.63, 3.8) is 0 Å². The molecule has 1 aliphatic carbocycles. The maximum atomic E-state index is 13.2. The van der Waals surface area contributed by atoms with Gasteiger partial charge in [-0.05, 0) is 43.9 Å². The summed E-state index contributed by atoms with van der Waals surface area (Å²) in [6, 6.07) is 0. The Balaban J connectivity index is 1.57. The normalized spacial score (nSPS) is 22.1. The van der Waals surface area contributed by atoms with Crippen LogP contribution in [0.2, 0.25) is 0 Å². The Labute approximate surface area is 178 Å². The number of anilines is 1. The number of nitrogens with one attached hydrogen (secondary N) is 1. The van der Waals surface area contributed by atoms with E-state index in [1.807, 2.05) is 10.3 Å². The molecule has 1 N–H and O–H groups in total. The molecule has 1 saturated carbocycles. The lowest BCUT2D eigenvalue weighted by atomic mass is 9.69. The van der Waals surface area contributed by atoms with Crippen LogP contribution >= 0.6 is 11.3 Å². The number of carbonyl (C=O) groups is 2. The molecule has 1 saturated heterocycles. The van der Waals surface area contributed by atoms with E-state index in [-0.39, 0.29) is 23.3 Å². The van der Waals surface area contributed by atoms with Crippen molar-refractivity contribution in [3.8, 4) is 0 Å². The Morgan fingerprint density at radius 3 is 2.76 bits per heavy atom. The molecule has 0 bridgehead atoms. The molecule has 1 unspecified atom stereocenters. The summed E-state index contributed by atoms with van der Waals surface area (Å²) in [6.07, 6.45) is 12.2. The molecule has 2 heterocycles. The van der Waals surface area contributed by atoms with Crippen LogP contribution in [0, 0.1) is 5.41 Å². The number of nitrogens with zero attached hydrogens (tertiary/aromatic N) is 2. The predicted octanol–water partition coefficient (Wildman–Crippen LogP) is 4.62. The maximum absolute atomic E-state index is 13.2. The highest BCUT2D eigenvalue weighted by molar-refractivity contribution is 7.13. The highest BCUT2D eigenvalue weighted by atomic mass is 32.1. The van der Waals surface area contributed by atoms with Gasteiger partial charge in [0, 0.05) is 44.1 Å². The number of carbonyl (C=O) groups excluding carboxylic acids is 2. The maximum Gasteiger partial charge on any atom is 0.226 e. The largest absolute Gasteiger partial charge is 0.378 e. The number of thiazole rings is 1. The Bertz CT molecular complexity index is 644. The van der Waals surface area contributed by atoms with E-state index in [4.69, 9.17) is 4.74 Å². The summed E-state index contributed by atoms with van der Waals surface area (Å²) in [5, 5.41) is 5.40. The number of rotatable bonds is 8. The second kappa shape index (κ2) is 11.1.